The Hall–Kier alpha value is -2.11. The fourth-order valence-corrected chi connectivity index (χ4v) is 2.41. The molecule has 0 aliphatic heterocycles. The summed E-state index contributed by atoms with van der Waals surface area (Å²) < 4.78 is 0. The summed E-state index contributed by atoms with van der Waals surface area (Å²) in [5.41, 5.74) is 6.96. The number of nitrogens with zero attached hydrogens (tertiary/aromatic N) is 2. The minimum atomic E-state index is -0.397. The number of non-ortho nitro benzene ring substituents is 1. The monoisotopic (exact) mass is 276 g/mol. The highest BCUT2D eigenvalue weighted by atomic mass is 16.6. The zero-order chi connectivity index (χ0) is 14.4. The third kappa shape index (κ3) is 4.22. The normalized spacial score (nSPS) is 16.3. The number of guanidine groups is 1. The van der Waals surface area contributed by atoms with Crippen LogP contribution in [0.3, 0.4) is 0 Å². The number of rotatable bonds is 5. The van der Waals surface area contributed by atoms with E-state index in [2.05, 4.69) is 10.3 Å². The van der Waals surface area contributed by atoms with Crippen LogP contribution in [0.2, 0.25) is 0 Å². The Labute approximate surface area is 118 Å². The molecule has 1 saturated carbocycles. The molecule has 0 heterocycles. The van der Waals surface area contributed by atoms with Crippen molar-refractivity contribution in [3.05, 3.63) is 39.9 Å². The van der Waals surface area contributed by atoms with Gasteiger partial charge in [0.15, 0.2) is 5.96 Å². The van der Waals surface area contributed by atoms with Gasteiger partial charge in [0.2, 0.25) is 0 Å². The van der Waals surface area contributed by atoms with Crippen molar-refractivity contribution in [1.82, 2.24) is 5.32 Å². The van der Waals surface area contributed by atoms with Gasteiger partial charge in [-0.25, -0.2) is 0 Å². The van der Waals surface area contributed by atoms with Gasteiger partial charge in [-0.05, 0) is 24.8 Å². The molecule has 6 heteroatoms. The molecule has 1 aliphatic carbocycles. The van der Waals surface area contributed by atoms with Crippen LogP contribution < -0.4 is 11.1 Å². The van der Waals surface area contributed by atoms with Crippen LogP contribution in [0.5, 0.6) is 0 Å². The van der Waals surface area contributed by atoms with Crippen molar-refractivity contribution in [1.29, 1.82) is 0 Å². The van der Waals surface area contributed by atoms with Crippen LogP contribution in [0, 0.1) is 10.1 Å². The summed E-state index contributed by atoms with van der Waals surface area (Å²) in [5.74, 6) is 0.499. The standard InChI is InChI=1S/C14H20N4O2/c15-14(17-12-3-1-2-4-12)16-10-9-11-5-7-13(8-6-11)18(19)20/h5-8,12H,1-4,9-10H2,(H3,15,16,17). The molecule has 108 valence electrons. The second-order valence-corrected chi connectivity index (χ2v) is 5.07. The molecule has 0 radical (unpaired) electrons. The highest BCUT2D eigenvalue weighted by Crippen LogP contribution is 2.17. The van der Waals surface area contributed by atoms with E-state index >= 15 is 0 Å². The first kappa shape index (κ1) is 14.3. The molecule has 1 aliphatic rings. The molecular weight excluding hydrogens is 256 g/mol. The van der Waals surface area contributed by atoms with Crippen LogP contribution in [0.25, 0.3) is 0 Å². The van der Waals surface area contributed by atoms with Gasteiger partial charge in [-0.3, -0.25) is 15.1 Å². The highest BCUT2D eigenvalue weighted by Gasteiger charge is 2.14. The molecule has 1 aromatic carbocycles. The lowest BCUT2D eigenvalue weighted by atomic mass is 10.1. The van der Waals surface area contributed by atoms with Crippen molar-refractivity contribution in [2.45, 2.75) is 38.1 Å². The number of aliphatic imine (C=N–C) groups is 1. The predicted molar refractivity (Wildman–Crippen MR) is 78.7 cm³/mol. The first-order valence-electron chi connectivity index (χ1n) is 6.95. The Morgan fingerprint density at radius 2 is 2.00 bits per heavy atom. The van der Waals surface area contributed by atoms with E-state index in [-0.39, 0.29) is 5.69 Å². The summed E-state index contributed by atoms with van der Waals surface area (Å²) >= 11 is 0. The van der Waals surface area contributed by atoms with Crippen molar-refractivity contribution in [2.75, 3.05) is 6.54 Å². The minimum Gasteiger partial charge on any atom is -0.370 e. The molecule has 0 atom stereocenters. The average Bonchev–Trinajstić information content (AvgIpc) is 2.92. The van der Waals surface area contributed by atoms with E-state index in [1.54, 1.807) is 12.1 Å². The van der Waals surface area contributed by atoms with E-state index in [0.717, 1.165) is 12.0 Å². The van der Waals surface area contributed by atoms with E-state index < -0.39 is 4.92 Å². The number of benzene rings is 1. The molecule has 1 aromatic rings. The Bertz CT molecular complexity index is 478. The molecule has 0 amide bonds. The van der Waals surface area contributed by atoms with Gasteiger partial charge in [0.1, 0.15) is 0 Å². The molecule has 20 heavy (non-hydrogen) atoms. The zero-order valence-electron chi connectivity index (χ0n) is 11.4. The fraction of sp³-hybridized carbons (Fsp3) is 0.500. The first-order valence-corrected chi connectivity index (χ1v) is 6.95. The summed E-state index contributed by atoms with van der Waals surface area (Å²) in [4.78, 5) is 14.4. The topological polar surface area (TPSA) is 93.5 Å². The predicted octanol–water partition coefficient (Wildman–Crippen LogP) is 1.98. The lowest BCUT2D eigenvalue weighted by Gasteiger charge is -2.12. The maximum Gasteiger partial charge on any atom is 0.269 e. The minimum absolute atomic E-state index is 0.111. The third-order valence-electron chi connectivity index (χ3n) is 3.54. The summed E-state index contributed by atoms with van der Waals surface area (Å²) in [5, 5.41) is 13.8. The molecule has 2 rings (SSSR count). The van der Waals surface area contributed by atoms with Gasteiger partial charge < -0.3 is 11.1 Å². The van der Waals surface area contributed by atoms with Crippen molar-refractivity contribution in [2.24, 2.45) is 10.7 Å². The van der Waals surface area contributed by atoms with Crippen LogP contribution in [0.1, 0.15) is 31.2 Å². The van der Waals surface area contributed by atoms with Gasteiger partial charge in [0, 0.05) is 24.7 Å². The summed E-state index contributed by atoms with van der Waals surface area (Å²) in [6.07, 6.45) is 5.57. The van der Waals surface area contributed by atoms with Gasteiger partial charge in [0.25, 0.3) is 5.69 Å². The van der Waals surface area contributed by atoms with Crippen molar-refractivity contribution < 1.29 is 4.92 Å². The molecule has 6 nitrogen and oxygen atoms in total. The van der Waals surface area contributed by atoms with Crippen LogP contribution in [0.15, 0.2) is 29.3 Å². The number of nitrogens with two attached hydrogens (primary N) is 1. The van der Waals surface area contributed by atoms with E-state index in [0.29, 0.717) is 18.5 Å². The molecule has 1 fully saturated rings. The summed E-state index contributed by atoms with van der Waals surface area (Å²) in [6.45, 7) is 0.587. The largest absolute Gasteiger partial charge is 0.370 e. The molecule has 0 saturated heterocycles. The van der Waals surface area contributed by atoms with Crippen LogP contribution in [-0.4, -0.2) is 23.5 Å². The van der Waals surface area contributed by atoms with Gasteiger partial charge >= 0.3 is 0 Å². The maximum atomic E-state index is 10.5. The average molecular weight is 276 g/mol. The van der Waals surface area contributed by atoms with Crippen molar-refractivity contribution >= 4 is 11.6 Å². The van der Waals surface area contributed by atoms with E-state index in [1.807, 2.05) is 0 Å². The van der Waals surface area contributed by atoms with Gasteiger partial charge in [0.05, 0.1) is 4.92 Å². The van der Waals surface area contributed by atoms with E-state index in [9.17, 15) is 10.1 Å². The number of nitrogens with one attached hydrogen (secondary N) is 1. The van der Waals surface area contributed by atoms with Gasteiger partial charge in [-0.15, -0.1) is 0 Å². The van der Waals surface area contributed by atoms with Crippen molar-refractivity contribution in [3.8, 4) is 0 Å². The first-order chi connectivity index (χ1) is 9.65. The molecular formula is C14H20N4O2. The van der Waals surface area contributed by atoms with E-state index in [4.69, 9.17) is 5.73 Å². The Morgan fingerprint density at radius 1 is 1.35 bits per heavy atom. The quantitative estimate of drug-likeness (QED) is 0.372. The molecule has 0 spiro atoms. The number of nitro groups is 1. The Morgan fingerprint density at radius 3 is 2.60 bits per heavy atom. The molecule has 0 unspecified atom stereocenters. The number of nitro benzene ring substituents is 1. The fourth-order valence-electron chi connectivity index (χ4n) is 2.41. The highest BCUT2D eigenvalue weighted by molar-refractivity contribution is 5.78. The Balaban J connectivity index is 1.77. The van der Waals surface area contributed by atoms with E-state index in [1.165, 1.54) is 37.8 Å². The zero-order valence-corrected chi connectivity index (χ0v) is 11.4. The Kier molecular flexibility index (Phi) is 4.92. The second kappa shape index (κ2) is 6.88. The SMILES string of the molecule is NC(=NCCc1ccc([N+](=O)[O-])cc1)NC1CCCC1. The summed E-state index contributed by atoms with van der Waals surface area (Å²) in [6, 6.07) is 7.01. The van der Waals surface area contributed by atoms with Crippen molar-refractivity contribution in [3.63, 3.8) is 0 Å². The maximum absolute atomic E-state index is 10.5. The second-order valence-electron chi connectivity index (χ2n) is 5.07. The number of hydrogen-bond acceptors (Lipinski definition) is 3. The van der Waals surface area contributed by atoms with Crippen LogP contribution in [0.4, 0.5) is 5.69 Å². The third-order valence-corrected chi connectivity index (χ3v) is 3.54. The van der Waals surface area contributed by atoms with Crippen LogP contribution >= 0.6 is 0 Å². The summed E-state index contributed by atoms with van der Waals surface area (Å²) in [7, 11) is 0. The smallest absolute Gasteiger partial charge is 0.269 e. The van der Waals surface area contributed by atoms with Gasteiger partial charge in [-0.2, -0.15) is 0 Å². The lowest BCUT2D eigenvalue weighted by Crippen LogP contribution is -2.38. The molecule has 0 aromatic heterocycles. The number of hydrogen-bond donors (Lipinski definition) is 2. The lowest BCUT2D eigenvalue weighted by molar-refractivity contribution is -0.384. The molecule has 0 bridgehead atoms. The van der Waals surface area contributed by atoms with Gasteiger partial charge in [-0.1, -0.05) is 25.0 Å². The van der Waals surface area contributed by atoms with Crippen LogP contribution in [-0.2, 0) is 6.42 Å². The molecule has 3 N–H and O–H groups in total.